The van der Waals surface area contributed by atoms with Crippen LogP contribution >= 0.6 is 0 Å². The predicted molar refractivity (Wildman–Crippen MR) is 72.3 cm³/mol. The van der Waals surface area contributed by atoms with Crippen molar-refractivity contribution >= 4 is 5.91 Å². The second-order valence-electron chi connectivity index (χ2n) is 5.47. The molecule has 19 heavy (non-hydrogen) atoms. The maximum atomic E-state index is 13.1. The molecular weight excluding hydrogens is 247 g/mol. The number of hydrogen-bond donors (Lipinski definition) is 3. The monoisotopic (exact) mass is 268 g/mol. The van der Waals surface area contributed by atoms with E-state index in [0.717, 1.165) is 0 Å². The van der Waals surface area contributed by atoms with Gasteiger partial charge in [-0.25, -0.2) is 4.39 Å². The Kier molecular flexibility index (Phi) is 5.30. The molecule has 0 aromatic heterocycles. The van der Waals surface area contributed by atoms with Crippen LogP contribution in [0.2, 0.25) is 0 Å². The molecule has 3 N–H and O–H groups in total. The van der Waals surface area contributed by atoms with Crippen LogP contribution < -0.4 is 10.6 Å². The van der Waals surface area contributed by atoms with Gasteiger partial charge in [0.15, 0.2) is 11.6 Å². The fraction of sp³-hybridized carbons (Fsp3) is 0.500. The lowest BCUT2D eigenvalue weighted by atomic mass is 10.1. The van der Waals surface area contributed by atoms with E-state index >= 15 is 0 Å². The molecule has 5 heteroatoms. The third-order valence-electron chi connectivity index (χ3n) is 2.43. The zero-order valence-electron chi connectivity index (χ0n) is 11.6. The number of rotatable bonds is 5. The van der Waals surface area contributed by atoms with Gasteiger partial charge in [0.05, 0.1) is 0 Å². The van der Waals surface area contributed by atoms with Crippen molar-refractivity contribution in [1.82, 2.24) is 10.6 Å². The summed E-state index contributed by atoms with van der Waals surface area (Å²) < 4.78 is 13.1. The molecule has 0 atom stereocenters. The molecule has 1 aromatic carbocycles. The second kappa shape index (κ2) is 6.52. The van der Waals surface area contributed by atoms with Gasteiger partial charge in [0, 0.05) is 30.6 Å². The molecule has 0 aliphatic rings. The summed E-state index contributed by atoms with van der Waals surface area (Å²) in [5, 5.41) is 15.3. The maximum absolute atomic E-state index is 13.1. The van der Waals surface area contributed by atoms with Crippen LogP contribution in [0.3, 0.4) is 0 Å². The van der Waals surface area contributed by atoms with Crippen LogP contribution in [-0.4, -0.2) is 23.1 Å². The Hall–Kier alpha value is -1.62. The molecular formula is C14H21FN2O2. The van der Waals surface area contributed by atoms with Crippen LogP contribution in [-0.2, 0) is 11.3 Å². The molecule has 1 rings (SSSR count). The van der Waals surface area contributed by atoms with E-state index < -0.39 is 5.82 Å². The molecule has 0 spiro atoms. The van der Waals surface area contributed by atoms with Gasteiger partial charge in [0.2, 0.25) is 5.91 Å². The highest BCUT2D eigenvalue weighted by Gasteiger charge is 2.13. The van der Waals surface area contributed by atoms with Crippen LogP contribution in [0, 0.1) is 5.82 Å². The Morgan fingerprint density at radius 1 is 1.37 bits per heavy atom. The third kappa shape index (κ3) is 5.70. The lowest BCUT2D eigenvalue weighted by molar-refractivity contribution is -0.122. The van der Waals surface area contributed by atoms with Crippen LogP contribution in [0.5, 0.6) is 5.75 Å². The Balaban J connectivity index is 2.32. The minimum atomic E-state index is -0.634. The summed E-state index contributed by atoms with van der Waals surface area (Å²) in [4.78, 5) is 11.5. The molecule has 0 saturated heterocycles. The van der Waals surface area contributed by atoms with Gasteiger partial charge in [0.1, 0.15) is 0 Å². The molecule has 4 nitrogen and oxygen atoms in total. The molecule has 0 radical (unpaired) electrons. The third-order valence-corrected chi connectivity index (χ3v) is 2.43. The highest BCUT2D eigenvalue weighted by molar-refractivity contribution is 5.76. The first kappa shape index (κ1) is 15.4. The summed E-state index contributed by atoms with van der Waals surface area (Å²) in [6.45, 7) is 6.56. The van der Waals surface area contributed by atoms with E-state index in [4.69, 9.17) is 0 Å². The smallest absolute Gasteiger partial charge is 0.221 e. The Morgan fingerprint density at radius 3 is 2.68 bits per heavy atom. The number of carbonyl (C=O) groups excluding carboxylic acids is 1. The Labute approximate surface area is 113 Å². The van der Waals surface area contributed by atoms with Gasteiger partial charge in [0.25, 0.3) is 0 Å². The fourth-order valence-corrected chi connectivity index (χ4v) is 1.61. The first-order valence-corrected chi connectivity index (χ1v) is 6.27. The number of aromatic hydroxyl groups is 1. The van der Waals surface area contributed by atoms with E-state index in [1.807, 2.05) is 20.8 Å². The number of phenols is 1. The minimum absolute atomic E-state index is 0.0385. The van der Waals surface area contributed by atoms with Crippen molar-refractivity contribution in [2.45, 2.75) is 39.3 Å². The van der Waals surface area contributed by atoms with Crippen LogP contribution in [0.25, 0.3) is 0 Å². The van der Waals surface area contributed by atoms with E-state index in [2.05, 4.69) is 10.6 Å². The summed E-state index contributed by atoms with van der Waals surface area (Å²) in [7, 11) is 0. The lowest BCUT2D eigenvalue weighted by Gasteiger charge is -2.20. The van der Waals surface area contributed by atoms with Gasteiger partial charge in [-0.05, 0) is 26.8 Å². The minimum Gasteiger partial charge on any atom is -0.505 e. The molecule has 0 aliphatic carbocycles. The second-order valence-corrected chi connectivity index (χ2v) is 5.47. The summed E-state index contributed by atoms with van der Waals surface area (Å²) in [6, 6.07) is 4.38. The Morgan fingerprint density at radius 2 is 2.05 bits per heavy atom. The van der Waals surface area contributed by atoms with E-state index in [0.29, 0.717) is 25.1 Å². The molecule has 0 bridgehead atoms. The quantitative estimate of drug-likeness (QED) is 0.715. The fourth-order valence-electron chi connectivity index (χ4n) is 1.61. The molecule has 0 fully saturated rings. The lowest BCUT2D eigenvalue weighted by Crippen LogP contribution is -2.41. The highest BCUT2D eigenvalue weighted by Crippen LogP contribution is 2.20. The van der Waals surface area contributed by atoms with Gasteiger partial charge >= 0.3 is 0 Å². The van der Waals surface area contributed by atoms with E-state index in [-0.39, 0.29) is 17.2 Å². The number of carbonyl (C=O) groups is 1. The topological polar surface area (TPSA) is 61.4 Å². The largest absolute Gasteiger partial charge is 0.505 e. The van der Waals surface area contributed by atoms with Gasteiger partial charge in [-0.2, -0.15) is 0 Å². The van der Waals surface area contributed by atoms with Gasteiger partial charge < -0.3 is 15.7 Å². The van der Waals surface area contributed by atoms with Crippen molar-refractivity contribution in [1.29, 1.82) is 0 Å². The van der Waals surface area contributed by atoms with Crippen molar-refractivity contribution in [2.24, 2.45) is 0 Å². The number of phenolic OH excluding ortho intramolecular Hbond substituents is 1. The predicted octanol–water partition coefficient (Wildman–Crippen LogP) is 1.93. The first-order chi connectivity index (χ1) is 8.79. The van der Waals surface area contributed by atoms with E-state index in [1.54, 1.807) is 12.1 Å². The van der Waals surface area contributed by atoms with Gasteiger partial charge in [-0.1, -0.05) is 12.1 Å². The SMILES string of the molecule is CC(C)(C)NC(=O)CCNCc1cccc(F)c1O. The van der Waals surface area contributed by atoms with E-state index in [1.165, 1.54) is 6.07 Å². The van der Waals surface area contributed by atoms with Crippen molar-refractivity contribution < 1.29 is 14.3 Å². The average molecular weight is 268 g/mol. The summed E-state index contributed by atoms with van der Waals surface area (Å²) in [5.74, 6) is -1.01. The van der Waals surface area contributed by atoms with Crippen LogP contribution in [0.15, 0.2) is 18.2 Å². The molecule has 0 aliphatic heterocycles. The maximum Gasteiger partial charge on any atom is 0.221 e. The number of hydrogen-bond acceptors (Lipinski definition) is 3. The van der Waals surface area contributed by atoms with Crippen LogP contribution in [0.1, 0.15) is 32.8 Å². The zero-order valence-corrected chi connectivity index (χ0v) is 11.6. The van der Waals surface area contributed by atoms with Gasteiger partial charge in [-0.3, -0.25) is 4.79 Å². The molecule has 106 valence electrons. The standard InChI is InChI=1S/C14H21FN2O2/c1-14(2,3)17-12(18)7-8-16-9-10-5-4-6-11(15)13(10)19/h4-6,16,19H,7-9H2,1-3H3,(H,17,18). The Bertz CT molecular complexity index is 442. The zero-order chi connectivity index (χ0) is 14.5. The van der Waals surface area contributed by atoms with Crippen molar-refractivity contribution in [3.05, 3.63) is 29.6 Å². The van der Waals surface area contributed by atoms with E-state index in [9.17, 15) is 14.3 Å². The number of nitrogens with one attached hydrogen (secondary N) is 2. The van der Waals surface area contributed by atoms with Crippen molar-refractivity contribution in [2.75, 3.05) is 6.54 Å². The summed E-state index contributed by atoms with van der Waals surface area (Å²) in [6.07, 6.45) is 0.341. The highest BCUT2D eigenvalue weighted by atomic mass is 19.1. The molecule has 0 saturated carbocycles. The molecule has 1 amide bonds. The first-order valence-electron chi connectivity index (χ1n) is 6.27. The normalized spacial score (nSPS) is 11.4. The summed E-state index contributed by atoms with van der Waals surface area (Å²) >= 11 is 0. The average Bonchev–Trinajstić information content (AvgIpc) is 2.27. The number of halogens is 1. The number of benzene rings is 1. The molecule has 1 aromatic rings. The number of amides is 1. The summed E-state index contributed by atoms with van der Waals surface area (Å²) in [5.41, 5.74) is 0.244. The molecule has 0 heterocycles. The molecule has 0 unspecified atom stereocenters. The van der Waals surface area contributed by atoms with Crippen molar-refractivity contribution in [3.8, 4) is 5.75 Å². The van der Waals surface area contributed by atoms with Crippen molar-refractivity contribution in [3.63, 3.8) is 0 Å². The van der Waals surface area contributed by atoms with Crippen LogP contribution in [0.4, 0.5) is 4.39 Å². The number of para-hydroxylation sites is 1. The van der Waals surface area contributed by atoms with Gasteiger partial charge in [-0.15, -0.1) is 0 Å².